The first-order chi connectivity index (χ1) is 24.3. The van der Waals surface area contributed by atoms with Gasteiger partial charge in [0.05, 0.1) is 18.6 Å². The van der Waals surface area contributed by atoms with Crippen molar-refractivity contribution in [3.63, 3.8) is 0 Å². The van der Waals surface area contributed by atoms with Gasteiger partial charge in [0.15, 0.2) is 0 Å². The van der Waals surface area contributed by atoms with Gasteiger partial charge in [0, 0.05) is 19.5 Å². The molecule has 4 aliphatic carbocycles. The number of carbonyl (C=O) groups is 3. The Kier molecular flexibility index (Phi) is 12.0. The topological polar surface area (TPSA) is 131 Å². The number of nitrogens with two attached hydrogens (primary N) is 2. The molecule has 8 nitrogen and oxygen atoms in total. The molecule has 0 spiro atoms. The third-order valence-electron chi connectivity index (χ3n) is 11.3. The second kappa shape index (κ2) is 16.8. The zero-order chi connectivity index (χ0) is 34.9. The fourth-order valence-electron chi connectivity index (χ4n) is 9.34. The van der Waals surface area contributed by atoms with Crippen LogP contribution in [0.1, 0.15) is 75.3 Å². The van der Waals surface area contributed by atoms with E-state index in [0.717, 1.165) is 72.1 Å². The van der Waals surface area contributed by atoms with E-state index in [1.165, 1.54) is 19.3 Å². The maximum absolute atomic E-state index is 14.4. The van der Waals surface area contributed by atoms with Gasteiger partial charge in [0.25, 0.3) is 0 Å². The van der Waals surface area contributed by atoms with Crippen LogP contribution in [0.15, 0.2) is 84.9 Å². The molecule has 0 aliphatic heterocycles. The Hall–Kier alpha value is -4.01. The van der Waals surface area contributed by atoms with Crippen LogP contribution in [0.5, 0.6) is 0 Å². The molecule has 0 unspecified atom stereocenters. The zero-order valence-electron chi connectivity index (χ0n) is 29.4. The molecule has 0 radical (unpaired) electrons. The summed E-state index contributed by atoms with van der Waals surface area (Å²) in [6.45, 7) is 1.11. The second-order valence-corrected chi connectivity index (χ2v) is 15.5. The molecule has 8 heteroatoms. The largest absolute Gasteiger partial charge is 0.350 e. The van der Waals surface area contributed by atoms with Crippen molar-refractivity contribution in [3.8, 4) is 11.1 Å². The molecule has 6 N–H and O–H groups in total. The maximum atomic E-state index is 14.4. The highest BCUT2D eigenvalue weighted by Gasteiger charge is 2.51. The van der Waals surface area contributed by atoms with Crippen molar-refractivity contribution in [2.75, 3.05) is 19.6 Å². The van der Waals surface area contributed by atoms with E-state index < -0.39 is 12.1 Å². The van der Waals surface area contributed by atoms with Crippen LogP contribution in [0.25, 0.3) is 11.1 Å². The summed E-state index contributed by atoms with van der Waals surface area (Å²) in [7, 11) is 0. The fraction of sp³-hybridized carbons (Fsp3) is 0.500. The van der Waals surface area contributed by atoms with Crippen LogP contribution >= 0.6 is 0 Å². The predicted octanol–water partition coefficient (Wildman–Crippen LogP) is 5.59. The lowest BCUT2D eigenvalue weighted by atomic mass is 9.49. The van der Waals surface area contributed by atoms with Crippen molar-refractivity contribution in [2.24, 2.45) is 34.6 Å². The summed E-state index contributed by atoms with van der Waals surface area (Å²) in [5.41, 5.74) is 16.3. The number of unbranched alkanes of at least 4 members (excludes halogenated alkanes) is 1. The van der Waals surface area contributed by atoms with E-state index in [0.29, 0.717) is 32.4 Å². The third kappa shape index (κ3) is 9.61. The first-order valence-electron chi connectivity index (χ1n) is 18.8. The lowest BCUT2D eigenvalue weighted by Crippen LogP contribution is -2.54. The quantitative estimate of drug-likeness (QED) is 0.139. The Morgan fingerprint density at radius 1 is 0.780 bits per heavy atom. The Bertz CT molecular complexity index is 1530. The van der Waals surface area contributed by atoms with Crippen molar-refractivity contribution >= 4 is 17.7 Å². The SMILES string of the molecule is NCCCC[C@H](N)C(=O)N[C@@H](Cc1ccccc1)CN(CC(=O)NCc1ccc(-c2ccccc2)cc1)C(=O)CC12CC3CC(CC(C3)C1)C2. The van der Waals surface area contributed by atoms with Crippen molar-refractivity contribution in [1.82, 2.24) is 15.5 Å². The molecule has 0 heterocycles. The van der Waals surface area contributed by atoms with E-state index in [4.69, 9.17) is 11.5 Å². The molecule has 7 rings (SSSR count). The highest BCUT2D eigenvalue weighted by Crippen LogP contribution is 2.61. The molecule has 2 atom stereocenters. The Balaban J connectivity index is 1.16. The smallest absolute Gasteiger partial charge is 0.239 e. The summed E-state index contributed by atoms with van der Waals surface area (Å²) in [6, 6.07) is 27.3. The second-order valence-electron chi connectivity index (χ2n) is 15.5. The monoisotopic (exact) mass is 677 g/mol. The van der Waals surface area contributed by atoms with E-state index in [2.05, 4.69) is 34.9 Å². The number of hydrogen-bond donors (Lipinski definition) is 4. The molecule has 4 bridgehead atoms. The fourth-order valence-corrected chi connectivity index (χ4v) is 9.34. The number of hydrogen-bond acceptors (Lipinski definition) is 5. The Morgan fingerprint density at radius 2 is 1.38 bits per heavy atom. The van der Waals surface area contributed by atoms with Crippen molar-refractivity contribution in [2.45, 2.75) is 89.3 Å². The predicted molar refractivity (Wildman–Crippen MR) is 198 cm³/mol. The van der Waals surface area contributed by atoms with Gasteiger partial charge < -0.3 is 27.0 Å². The molecule has 3 amide bonds. The highest BCUT2D eigenvalue weighted by molar-refractivity contribution is 5.85. The van der Waals surface area contributed by atoms with Gasteiger partial charge in [-0.3, -0.25) is 14.4 Å². The van der Waals surface area contributed by atoms with Crippen LogP contribution in [-0.2, 0) is 27.3 Å². The minimum Gasteiger partial charge on any atom is -0.350 e. The Morgan fingerprint density at radius 3 is 2.00 bits per heavy atom. The van der Waals surface area contributed by atoms with E-state index in [1.807, 2.05) is 60.7 Å². The van der Waals surface area contributed by atoms with Crippen LogP contribution < -0.4 is 22.1 Å². The van der Waals surface area contributed by atoms with E-state index in [9.17, 15) is 14.4 Å². The summed E-state index contributed by atoms with van der Waals surface area (Å²) in [5, 5.41) is 6.23. The average Bonchev–Trinajstić information content (AvgIpc) is 3.10. The first kappa shape index (κ1) is 35.8. The maximum Gasteiger partial charge on any atom is 0.239 e. The van der Waals surface area contributed by atoms with Crippen molar-refractivity contribution in [1.29, 1.82) is 0 Å². The number of amides is 3. The van der Waals surface area contributed by atoms with Crippen LogP contribution in [0.4, 0.5) is 0 Å². The van der Waals surface area contributed by atoms with E-state index in [1.54, 1.807) is 4.90 Å². The Labute approximate surface area is 297 Å². The molecule has 50 heavy (non-hydrogen) atoms. The highest BCUT2D eigenvalue weighted by atomic mass is 16.2. The number of rotatable bonds is 17. The van der Waals surface area contributed by atoms with Gasteiger partial charge in [-0.25, -0.2) is 0 Å². The summed E-state index contributed by atoms with van der Waals surface area (Å²) < 4.78 is 0. The molecule has 0 saturated heterocycles. The third-order valence-corrected chi connectivity index (χ3v) is 11.3. The van der Waals surface area contributed by atoms with Gasteiger partial charge in [-0.05, 0) is 110 Å². The van der Waals surface area contributed by atoms with E-state index >= 15 is 0 Å². The van der Waals surface area contributed by atoms with E-state index in [-0.39, 0.29) is 36.2 Å². The standard InChI is InChI=1S/C42H55N5O3/c43-18-8-7-13-38(44)41(50)46-37(22-30-9-3-1-4-10-30)28-47(40(49)26-42-23-32-19-33(24-42)21-34(20-32)25-42)29-39(48)45-27-31-14-16-36(17-15-31)35-11-5-2-6-12-35/h1-6,9-12,14-17,32-34,37-38H,7-8,13,18-29,43-44H2,(H,45,48)(H,46,50)/t32?,33?,34?,37-,38-,42?/m0/s1. The number of nitrogens with zero attached hydrogens (tertiary/aromatic N) is 1. The van der Waals surface area contributed by atoms with Gasteiger partial charge in [-0.2, -0.15) is 0 Å². The van der Waals surface area contributed by atoms with Gasteiger partial charge in [0.2, 0.25) is 17.7 Å². The number of nitrogens with one attached hydrogen (secondary N) is 2. The molecule has 0 aromatic heterocycles. The molecule has 266 valence electrons. The first-order valence-corrected chi connectivity index (χ1v) is 18.8. The summed E-state index contributed by atoms with van der Waals surface area (Å²) >= 11 is 0. The van der Waals surface area contributed by atoms with Gasteiger partial charge in [-0.1, -0.05) is 91.3 Å². The van der Waals surface area contributed by atoms with Crippen LogP contribution in [-0.4, -0.2) is 54.3 Å². The van der Waals surface area contributed by atoms with Crippen LogP contribution in [0, 0.1) is 23.2 Å². The van der Waals surface area contributed by atoms with Gasteiger partial charge in [-0.15, -0.1) is 0 Å². The summed E-state index contributed by atoms with van der Waals surface area (Å²) in [4.78, 5) is 43.0. The molecule has 4 aliphatic rings. The zero-order valence-corrected chi connectivity index (χ0v) is 29.4. The molecule has 3 aromatic rings. The summed E-state index contributed by atoms with van der Waals surface area (Å²) in [6.07, 6.45) is 10.4. The van der Waals surface area contributed by atoms with Crippen molar-refractivity contribution in [3.05, 3.63) is 96.1 Å². The number of benzene rings is 3. The van der Waals surface area contributed by atoms with Gasteiger partial charge in [0.1, 0.15) is 0 Å². The van der Waals surface area contributed by atoms with Gasteiger partial charge >= 0.3 is 0 Å². The molecule has 4 saturated carbocycles. The van der Waals surface area contributed by atoms with Crippen molar-refractivity contribution < 1.29 is 14.4 Å². The summed E-state index contributed by atoms with van der Waals surface area (Å²) in [5.74, 6) is 1.74. The molecular weight excluding hydrogens is 622 g/mol. The molecular formula is C42H55N5O3. The normalized spacial score (nSPS) is 23.2. The lowest BCUT2D eigenvalue weighted by molar-refractivity contribution is -0.143. The molecule has 4 fully saturated rings. The lowest BCUT2D eigenvalue weighted by Gasteiger charge is -2.57. The minimum absolute atomic E-state index is 0.00821. The molecule has 3 aromatic carbocycles. The average molecular weight is 678 g/mol. The van der Waals surface area contributed by atoms with Crippen LogP contribution in [0.2, 0.25) is 0 Å². The minimum atomic E-state index is -0.660. The van der Waals surface area contributed by atoms with Crippen LogP contribution in [0.3, 0.4) is 0 Å². The number of carbonyl (C=O) groups excluding carboxylic acids is 3.